The zero-order valence-corrected chi connectivity index (χ0v) is 15.9. The minimum atomic E-state index is -4.88. The first-order valence-electron chi connectivity index (χ1n) is 9.24. The molecule has 154 valence electrons. The average Bonchev–Trinajstić information content (AvgIpc) is 2.68. The van der Waals surface area contributed by atoms with E-state index in [1.165, 1.54) is 18.2 Å². The molecule has 1 aromatic heterocycles. The molecule has 3 rings (SSSR count). The maximum absolute atomic E-state index is 14.8. The predicted molar refractivity (Wildman–Crippen MR) is 100 cm³/mol. The molecule has 7 heteroatoms. The molecule has 0 saturated carbocycles. The van der Waals surface area contributed by atoms with Gasteiger partial charge < -0.3 is 4.42 Å². The molecule has 0 aliphatic heterocycles. The normalized spacial score (nSPS) is 12.5. The molecule has 3 aromatic rings. The van der Waals surface area contributed by atoms with Gasteiger partial charge in [0.05, 0.1) is 5.56 Å². The van der Waals surface area contributed by atoms with Crippen LogP contribution in [0.5, 0.6) is 0 Å². The Bertz CT molecular complexity index is 1080. The summed E-state index contributed by atoms with van der Waals surface area (Å²) in [4.78, 5) is 12.0. The van der Waals surface area contributed by atoms with E-state index in [1.54, 1.807) is 6.92 Å². The fourth-order valence-electron chi connectivity index (χ4n) is 3.23. The maximum atomic E-state index is 14.8. The van der Waals surface area contributed by atoms with Crippen LogP contribution in [0.25, 0.3) is 10.8 Å². The second-order valence-electron chi connectivity index (χ2n) is 6.84. The minimum absolute atomic E-state index is 0.0161. The van der Waals surface area contributed by atoms with Crippen LogP contribution in [-0.2, 0) is 24.7 Å². The van der Waals surface area contributed by atoms with Gasteiger partial charge in [0.15, 0.2) is 0 Å². The molecule has 0 atom stereocenters. The smallest absolute Gasteiger partial charge is 0.346 e. The Morgan fingerprint density at radius 2 is 1.59 bits per heavy atom. The molecule has 1 heterocycles. The summed E-state index contributed by atoms with van der Waals surface area (Å²) in [5, 5.41) is -0.754. The van der Waals surface area contributed by atoms with Crippen LogP contribution in [0.3, 0.4) is 0 Å². The molecule has 0 amide bonds. The Morgan fingerprint density at radius 1 is 0.931 bits per heavy atom. The summed E-state index contributed by atoms with van der Waals surface area (Å²) < 4.78 is 78.7. The first kappa shape index (κ1) is 21.0. The molecule has 0 saturated heterocycles. The summed E-state index contributed by atoms with van der Waals surface area (Å²) in [6.45, 7) is 3.59. The van der Waals surface area contributed by atoms with E-state index in [2.05, 4.69) is 0 Å². The van der Waals surface area contributed by atoms with Gasteiger partial charge in [-0.05, 0) is 29.5 Å². The zero-order valence-electron chi connectivity index (χ0n) is 15.9. The summed E-state index contributed by atoms with van der Waals surface area (Å²) in [5.41, 5.74) is -2.93. The van der Waals surface area contributed by atoms with Crippen LogP contribution in [0.4, 0.5) is 22.0 Å². The summed E-state index contributed by atoms with van der Waals surface area (Å²) in [7, 11) is 0. The Hall–Kier alpha value is -2.70. The Morgan fingerprint density at radius 3 is 2.17 bits per heavy atom. The minimum Gasteiger partial charge on any atom is -0.427 e. The topological polar surface area (TPSA) is 30.2 Å². The third kappa shape index (κ3) is 3.54. The van der Waals surface area contributed by atoms with E-state index in [4.69, 9.17) is 4.42 Å². The number of hydrogen-bond donors (Lipinski definition) is 0. The van der Waals surface area contributed by atoms with Gasteiger partial charge in [-0.3, -0.25) is 0 Å². The van der Waals surface area contributed by atoms with Crippen molar-refractivity contribution in [3.63, 3.8) is 0 Å². The van der Waals surface area contributed by atoms with E-state index in [1.807, 2.05) is 6.92 Å². The fraction of sp³-hybridized carbons (Fsp3) is 0.318. The number of rotatable bonds is 6. The Balaban J connectivity index is 2.12. The van der Waals surface area contributed by atoms with Crippen LogP contribution in [0, 0.1) is 5.82 Å². The summed E-state index contributed by atoms with van der Waals surface area (Å²) in [6, 6.07) is 7.47. The molecule has 0 unspecified atom stereocenters. The summed E-state index contributed by atoms with van der Waals surface area (Å²) in [6.07, 6.45) is 1.73. The van der Waals surface area contributed by atoms with Crippen LogP contribution < -0.4 is 5.63 Å². The zero-order chi connectivity index (χ0) is 21.4. The summed E-state index contributed by atoms with van der Waals surface area (Å²) >= 11 is 0. The predicted octanol–water partition coefficient (Wildman–Crippen LogP) is 6.33. The SMILES string of the molecule is CCCc1ccc(C(F)(F)C(F)(F)c2ccc3cc(CC)oc(=O)c3c2F)cc1. The van der Waals surface area contributed by atoms with Gasteiger partial charge in [-0.25, -0.2) is 9.18 Å². The number of benzene rings is 2. The molecular weight excluding hydrogens is 391 g/mol. The average molecular weight is 410 g/mol. The molecule has 2 nitrogen and oxygen atoms in total. The van der Waals surface area contributed by atoms with E-state index in [0.717, 1.165) is 30.2 Å². The number of halogens is 5. The number of fused-ring (bicyclic) bond motifs is 1. The maximum Gasteiger partial charge on any atom is 0.346 e. The second kappa shape index (κ2) is 7.61. The highest BCUT2D eigenvalue weighted by Gasteiger charge is 2.59. The molecule has 2 aromatic carbocycles. The molecule has 0 N–H and O–H groups in total. The van der Waals surface area contributed by atoms with Crippen molar-refractivity contribution in [2.24, 2.45) is 0 Å². The van der Waals surface area contributed by atoms with Crippen LogP contribution in [-0.4, -0.2) is 0 Å². The largest absolute Gasteiger partial charge is 0.427 e. The van der Waals surface area contributed by atoms with Crippen LogP contribution in [0.15, 0.2) is 51.7 Å². The first-order valence-corrected chi connectivity index (χ1v) is 9.24. The van der Waals surface area contributed by atoms with Crippen molar-refractivity contribution in [3.8, 4) is 0 Å². The van der Waals surface area contributed by atoms with Crippen molar-refractivity contribution in [3.05, 3.63) is 81.2 Å². The second-order valence-corrected chi connectivity index (χ2v) is 6.84. The highest BCUT2D eigenvalue weighted by Crippen LogP contribution is 2.50. The standard InChI is InChI=1S/C22H19F5O2/c1-3-5-13-6-9-15(10-7-13)21(24,25)22(26,27)17-11-8-14-12-16(4-2)29-20(28)18(14)19(17)23/h6-12H,3-5H2,1-2H3. The van der Waals surface area contributed by atoms with Gasteiger partial charge in [0, 0.05) is 12.0 Å². The third-order valence-corrected chi connectivity index (χ3v) is 4.85. The molecular formula is C22H19F5O2. The quantitative estimate of drug-likeness (QED) is 0.445. The van der Waals surface area contributed by atoms with E-state index in [-0.39, 0.29) is 11.1 Å². The van der Waals surface area contributed by atoms with Gasteiger partial charge in [-0.15, -0.1) is 0 Å². The Kier molecular flexibility index (Phi) is 5.52. The van der Waals surface area contributed by atoms with E-state index in [9.17, 15) is 26.7 Å². The first-order chi connectivity index (χ1) is 13.6. The molecule has 0 spiro atoms. The van der Waals surface area contributed by atoms with Crippen LogP contribution in [0.2, 0.25) is 0 Å². The van der Waals surface area contributed by atoms with Crippen molar-refractivity contribution in [1.29, 1.82) is 0 Å². The van der Waals surface area contributed by atoms with E-state index >= 15 is 0 Å². The third-order valence-electron chi connectivity index (χ3n) is 4.85. The molecule has 29 heavy (non-hydrogen) atoms. The molecule has 0 fully saturated rings. The fourth-order valence-corrected chi connectivity index (χ4v) is 3.23. The number of aryl methyl sites for hydroxylation is 2. The van der Waals surface area contributed by atoms with Gasteiger partial charge in [0.25, 0.3) is 0 Å². The lowest BCUT2D eigenvalue weighted by Gasteiger charge is -2.28. The van der Waals surface area contributed by atoms with Crippen molar-refractivity contribution < 1.29 is 26.4 Å². The van der Waals surface area contributed by atoms with Crippen molar-refractivity contribution in [2.75, 3.05) is 0 Å². The monoisotopic (exact) mass is 410 g/mol. The number of hydrogen-bond acceptors (Lipinski definition) is 2. The van der Waals surface area contributed by atoms with Crippen molar-refractivity contribution >= 4 is 10.8 Å². The lowest BCUT2D eigenvalue weighted by atomic mass is 9.93. The molecule has 0 aliphatic rings. The summed E-state index contributed by atoms with van der Waals surface area (Å²) in [5.74, 6) is -11.0. The lowest BCUT2D eigenvalue weighted by molar-refractivity contribution is -0.225. The van der Waals surface area contributed by atoms with Gasteiger partial charge in [-0.1, -0.05) is 50.6 Å². The van der Waals surface area contributed by atoms with E-state index in [0.29, 0.717) is 18.9 Å². The highest BCUT2D eigenvalue weighted by atomic mass is 19.3. The van der Waals surface area contributed by atoms with Crippen LogP contribution in [0.1, 0.15) is 42.7 Å². The highest BCUT2D eigenvalue weighted by molar-refractivity contribution is 5.83. The van der Waals surface area contributed by atoms with Gasteiger partial charge >= 0.3 is 17.5 Å². The van der Waals surface area contributed by atoms with Gasteiger partial charge in [0.2, 0.25) is 0 Å². The van der Waals surface area contributed by atoms with Gasteiger partial charge in [-0.2, -0.15) is 17.6 Å². The van der Waals surface area contributed by atoms with Gasteiger partial charge in [0.1, 0.15) is 17.0 Å². The molecule has 0 bridgehead atoms. The van der Waals surface area contributed by atoms with Crippen LogP contribution >= 0.6 is 0 Å². The lowest BCUT2D eigenvalue weighted by Crippen LogP contribution is -2.36. The molecule has 0 radical (unpaired) electrons. The van der Waals surface area contributed by atoms with Crippen molar-refractivity contribution in [1.82, 2.24) is 0 Å². The van der Waals surface area contributed by atoms with E-state index < -0.39 is 39.8 Å². The van der Waals surface area contributed by atoms with Crippen molar-refractivity contribution in [2.45, 2.75) is 45.0 Å². The molecule has 0 aliphatic carbocycles. The Labute approximate surface area is 164 Å². The number of alkyl halides is 4.